The highest BCUT2D eigenvalue weighted by Crippen LogP contribution is 2.35. The van der Waals surface area contributed by atoms with Crippen molar-refractivity contribution in [1.29, 1.82) is 0 Å². The highest BCUT2D eigenvalue weighted by Gasteiger charge is 2.50. The lowest BCUT2D eigenvalue weighted by molar-refractivity contribution is -0.301. The number of ether oxygens (including phenoxy) is 17. The maximum atomic E-state index is 12.5. The van der Waals surface area contributed by atoms with E-state index in [9.17, 15) is 30.3 Å². The van der Waals surface area contributed by atoms with E-state index in [0.717, 1.165) is 6.92 Å². The molecule has 4 rings (SSSR count). The van der Waals surface area contributed by atoms with Gasteiger partial charge >= 0.3 is 5.97 Å². The molecule has 4 heterocycles. The fraction of sp³-hybridized carbons (Fsp3) is 0.679. The predicted molar refractivity (Wildman–Crippen MR) is 271 cm³/mol. The molecule has 0 spiro atoms. The zero-order valence-electron chi connectivity index (χ0n) is 43.5. The van der Waals surface area contributed by atoms with E-state index in [4.69, 9.17) is 87.0 Å². The SMILES string of the molecule is C#C[C@H]1O[C@H](O)C(C#CC#C[C@H]2O[C@H](COCOC)C(C#CC#CC3O[C@H](CO)[C@@H](C#CC#CC4O[C@H](OCOC)[C@@H](C#CI)[C@H](OCOC)[C@H]4OCOC)[C@H](OC(C)=O)[C@H]3O)[C@H](COCOC)[C@H]2OCOC)[C@H](O)[C@H]1O. The first kappa shape index (κ1) is 65.4. The molecule has 4 aliphatic heterocycles. The average molecular weight is 1200 g/mol. The van der Waals surface area contributed by atoms with Gasteiger partial charge in [-0.1, -0.05) is 47.4 Å². The summed E-state index contributed by atoms with van der Waals surface area (Å²) in [6.07, 6.45) is -12.4. The molecule has 0 amide bonds. The van der Waals surface area contributed by atoms with Crippen molar-refractivity contribution in [3.8, 4) is 93.2 Å². The number of rotatable bonds is 22. The van der Waals surface area contributed by atoms with Gasteiger partial charge in [0.25, 0.3) is 0 Å². The summed E-state index contributed by atoms with van der Waals surface area (Å²) >= 11 is 1.89. The second kappa shape index (κ2) is 36.2. The largest absolute Gasteiger partial charge is 0.458 e. The molecule has 77 heavy (non-hydrogen) atoms. The van der Waals surface area contributed by atoms with Gasteiger partial charge in [-0.05, 0) is 39.4 Å². The standard InChI is InChI=1S/C53H65IO23/c1-9-39-46(58)45(57)36(52(60)76-39)18-12-15-20-41-48(69-29-63-5)38(25-67-27-61-3)34(44(75-41)26-68-28-62-4)16-10-13-19-40-47(59)49(73-33(2)56)35(43(24-55)74-40)17-11-14-21-42-51(71-31-65-7)50(70-30-64-6)37(22-23-54)53(77-42)72-32-66-8/h1,34-53,55,57-60H,24-32H2,2-8H3/t34?,35-,36?,37+,38+,39-,40?,41-,42?,43-,44-,45+,46+,47+,48-,49+,50+,51+,52+,53+/m1/s1. The van der Waals surface area contributed by atoms with E-state index in [2.05, 4.69) is 86.8 Å². The molecular weight excluding hydrogens is 1130 g/mol. The first-order chi connectivity index (χ1) is 37.4. The van der Waals surface area contributed by atoms with Crippen molar-refractivity contribution in [1.82, 2.24) is 0 Å². The van der Waals surface area contributed by atoms with Gasteiger partial charge in [0.1, 0.15) is 114 Å². The molecule has 0 aromatic rings. The lowest BCUT2D eigenvalue weighted by Gasteiger charge is -2.43. The molecule has 0 saturated carbocycles. The molecule has 4 unspecified atom stereocenters. The molecule has 0 radical (unpaired) electrons. The minimum absolute atomic E-state index is 0.00854. The van der Waals surface area contributed by atoms with Crippen LogP contribution in [0.25, 0.3) is 0 Å². The zero-order chi connectivity index (χ0) is 56.1. The Balaban J connectivity index is 1.66. The van der Waals surface area contributed by atoms with Gasteiger partial charge in [-0.25, -0.2) is 0 Å². The van der Waals surface area contributed by atoms with Gasteiger partial charge < -0.3 is 106 Å². The minimum Gasteiger partial charge on any atom is -0.458 e. The predicted octanol–water partition coefficient (Wildman–Crippen LogP) is -2.07. The summed E-state index contributed by atoms with van der Waals surface area (Å²) in [5.74, 6) is 33.5. The zero-order valence-corrected chi connectivity index (χ0v) is 45.6. The molecule has 4 fully saturated rings. The van der Waals surface area contributed by atoms with Crippen molar-refractivity contribution in [3.63, 3.8) is 0 Å². The number of esters is 1. The highest BCUT2D eigenvalue weighted by atomic mass is 127. The van der Waals surface area contributed by atoms with Crippen LogP contribution >= 0.6 is 22.6 Å². The Morgan fingerprint density at radius 3 is 1.58 bits per heavy atom. The van der Waals surface area contributed by atoms with E-state index in [0.29, 0.717) is 0 Å². The third-order valence-electron chi connectivity index (χ3n) is 11.7. The number of hydrogen-bond acceptors (Lipinski definition) is 23. The van der Waals surface area contributed by atoms with Gasteiger partial charge in [0.05, 0.1) is 43.9 Å². The molecule has 5 N–H and O–H groups in total. The summed E-state index contributed by atoms with van der Waals surface area (Å²) in [5.41, 5.74) is 0. The van der Waals surface area contributed by atoms with Gasteiger partial charge in [0, 0.05) is 78.1 Å². The van der Waals surface area contributed by atoms with Crippen molar-refractivity contribution in [3.05, 3.63) is 0 Å². The number of carbonyl (C=O) groups is 1. The summed E-state index contributed by atoms with van der Waals surface area (Å²) in [6, 6.07) is 0. The Labute approximate surface area is 462 Å². The van der Waals surface area contributed by atoms with Crippen LogP contribution in [0.3, 0.4) is 0 Å². The van der Waals surface area contributed by atoms with E-state index in [1.807, 2.05) is 22.6 Å². The molecule has 24 heteroatoms. The molecule has 4 saturated heterocycles. The average Bonchev–Trinajstić information content (AvgIpc) is 3.42. The van der Waals surface area contributed by atoms with Gasteiger partial charge in [0.15, 0.2) is 18.7 Å². The van der Waals surface area contributed by atoms with Gasteiger partial charge in [-0.3, -0.25) is 4.79 Å². The van der Waals surface area contributed by atoms with Gasteiger partial charge in [-0.2, -0.15) is 0 Å². The highest BCUT2D eigenvalue weighted by molar-refractivity contribution is 14.1. The Morgan fingerprint density at radius 2 is 1.01 bits per heavy atom. The number of hydrogen-bond donors (Lipinski definition) is 5. The lowest BCUT2D eigenvalue weighted by Crippen LogP contribution is -2.56. The van der Waals surface area contributed by atoms with Crippen LogP contribution in [0.1, 0.15) is 6.92 Å². The second-order valence-corrected chi connectivity index (χ2v) is 17.4. The summed E-state index contributed by atoms with van der Waals surface area (Å²) < 4.78 is 98.7. The van der Waals surface area contributed by atoms with Crippen LogP contribution < -0.4 is 0 Å². The Hall–Kier alpha value is -4.16. The monoisotopic (exact) mass is 1200 g/mol. The van der Waals surface area contributed by atoms with E-state index in [-0.39, 0.29) is 54.0 Å². The number of carbonyl (C=O) groups excluding carboxylic acids is 1. The summed E-state index contributed by atoms with van der Waals surface area (Å²) in [6.45, 7) is -0.372. The molecule has 0 bridgehead atoms. The molecule has 0 aromatic heterocycles. The number of aliphatic hydroxyl groups excluding tert-OH is 5. The number of methoxy groups -OCH3 is 6. The van der Waals surface area contributed by atoms with Crippen LogP contribution in [0.2, 0.25) is 0 Å². The second-order valence-electron chi connectivity index (χ2n) is 16.8. The maximum absolute atomic E-state index is 12.5. The van der Waals surface area contributed by atoms with Crippen molar-refractivity contribution in [2.24, 2.45) is 29.6 Å². The van der Waals surface area contributed by atoms with Crippen molar-refractivity contribution >= 4 is 28.6 Å². The Kier molecular flexibility index (Phi) is 30.7. The summed E-state index contributed by atoms with van der Waals surface area (Å²) in [4.78, 5) is 12.5. The number of aliphatic hydroxyl groups is 5. The third kappa shape index (κ3) is 19.6. The molecule has 422 valence electrons. The Morgan fingerprint density at radius 1 is 0.506 bits per heavy atom. The summed E-state index contributed by atoms with van der Waals surface area (Å²) in [7, 11) is 8.68. The normalized spacial score (nSPS) is 34.2. The number of terminal acetylenes is 1. The van der Waals surface area contributed by atoms with Gasteiger partial charge in [0.2, 0.25) is 0 Å². The molecule has 23 nitrogen and oxygen atoms in total. The van der Waals surface area contributed by atoms with E-state index >= 15 is 0 Å². The third-order valence-corrected chi connectivity index (χ3v) is 12.0. The Bertz CT molecular complexity index is 2320. The van der Waals surface area contributed by atoms with E-state index < -0.39 is 134 Å². The van der Waals surface area contributed by atoms with Crippen molar-refractivity contribution < 1.29 is 111 Å². The van der Waals surface area contributed by atoms with Crippen LogP contribution in [0, 0.1) is 123 Å². The smallest absolute Gasteiger partial charge is 0.303 e. The lowest BCUT2D eigenvalue weighted by atomic mass is 9.79. The molecule has 0 aliphatic carbocycles. The van der Waals surface area contributed by atoms with Crippen LogP contribution in [-0.2, 0) is 85.3 Å². The fourth-order valence-corrected chi connectivity index (χ4v) is 8.65. The minimum atomic E-state index is -1.61. The number of halogens is 1. The van der Waals surface area contributed by atoms with E-state index in [1.165, 1.54) is 42.7 Å². The van der Waals surface area contributed by atoms with Crippen LogP contribution in [0.4, 0.5) is 0 Å². The van der Waals surface area contributed by atoms with Crippen molar-refractivity contribution in [2.75, 3.05) is 103 Å². The van der Waals surface area contributed by atoms with Crippen LogP contribution in [0.15, 0.2) is 0 Å². The quantitative estimate of drug-likeness (QED) is 0.0256. The maximum Gasteiger partial charge on any atom is 0.303 e. The summed E-state index contributed by atoms with van der Waals surface area (Å²) in [5, 5.41) is 53.5. The topological polar surface area (TPSA) is 275 Å². The molecule has 4 aliphatic rings. The van der Waals surface area contributed by atoms with Crippen LogP contribution in [0.5, 0.6) is 0 Å². The molecule has 20 atom stereocenters. The van der Waals surface area contributed by atoms with Crippen molar-refractivity contribution in [2.45, 2.75) is 98.9 Å². The van der Waals surface area contributed by atoms with Gasteiger partial charge in [-0.15, -0.1) is 6.42 Å². The molecule has 0 aromatic carbocycles. The van der Waals surface area contributed by atoms with Crippen LogP contribution in [-0.4, -0.2) is 227 Å². The molecular formula is C53H65IO23. The first-order valence-electron chi connectivity index (χ1n) is 23.7. The fourth-order valence-electron chi connectivity index (χ4n) is 8.29. The van der Waals surface area contributed by atoms with E-state index in [1.54, 1.807) is 0 Å². The first-order valence-corrected chi connectivity index (χ1v) is 24.7.